The molecule has 1 aromatic heterocycles. The number of aliphatic hydroxyl groups excluding tert-OH is 1. The van der Waals surface area contributed by atoms with Crippen LogP contribution in [-0.4, -0.2) is 23.8 Å². The molecule has 1 aliphatic rings. The number of nitrogens with zero attached hydrogens (tertiary/aromatic N) is 1. The summed E-state index contributed by atoms with van der Waals surface area (Å²) in [4.78, 5) is 4.11. The maximum Gasteiger partial charge on any atom is 0.137 e. The third-order valence-corrected chi connectivity index (χ3v) is 3.70. The minimum absolute atomic E-state index is 0.0221. The van der Waals surface area contributed by atoms with Gasteiger partial charge in [0.25, 0.3) is 0 Å². The maximum absolute atomic E-state index is 10.7. The van der Waals surface area contributed by atoms with E-state index in [9.17, 15) is 5.11 Å². The number of rotatable bonds is 3. The van der Waals surface area contributed by atoms with Gasteiger partial charge < -0.3 is 14.6 Å². The summed E-state index contributed by atoms with van der Waals surface area (Å²) in [6.07, 6.45) is 3.50. The third kappa shape index (κ3) is 2.34. The Morgan fingerprint density at radius 1 is 1.35 bits per heavy atom. The van der Waals surface area contributed by atoms with Crippen molar-refractivity contribution >= 4 is 0 Å². The van der Waals surface area contributed by atoms with Crippen molar-refractivity contribution in [1.82, 2.24) is 4.98 Å². The van der Waals surface area contributed by atoms with Crippen LogP contribution in [-0.2, 0) is 0 Å². The van der Waals surface area contributed by atoms with Crippen molar-refractivity contribution in [2.75, 3.05) is 13.7 Å². The van der Waals surface area contributed by atoms with Crippen LogP contribution in [0.1, 0.15) is 29.6 Å². The number of aromatic nitrogens is 1. The second-order valence-electron chi connectivity index (χ2n) is 4.88. The Morgan fingerprint density at radius 3 is 3.05 bits per heavy atom. The number of fused-ring (bicyclic) bond motifs is 1. The van der Waals surface area contributed by atoms with E-state index in [1.807, 2.05) is 30.3 Å². The molecule has 104 valence electrons. The fourth-order valence-corrected chi connectivity index (χ4v) is 2.64. The Balaban J connectivity index is 1.93. The van der Waals surface area contributed by atoms with Crippen molar-refractivity contribution in [3.63, 3.8) is 0 Å². The normalized spacial score (nSPS) is 18.8. The van der Waals surface area contributed by atoms with Gasteiger partial charge in [0.15, 0.2) is 0 Å². The van der Waals surface area contributed by atoms with Gasteiger partial charge in [0.2, 0.25) is 0 Å². The lowest BCUT2D eigenvalue weighted by molar-refractivity contribution is 0.117. The molecule has 1 N–H and O–H groups in total. The monoisotopic (exact) mass is 271 g/mol. The van der Waals surface area contributed by atoms with E-state index in [1.54, 1.807) is 19.5 Å². The van der Waals surface area contributed by atoms with E-state index in [4.69, 9.17) is 9.47 Å². The smallest absolute Gasteiger partial charge is 0.137 e. The molecule has 1 aliphatic heterocycles. The van der Waals surface area contributed by atoms with Crippen molar-refractivity contribution in [1.29, 1.82) is 0 Å². The van der Waals surface area contributed by atoms with Gasteiger partial charge in [-0.05, 0) is 18.6 Å². The zero-order valence-corrected chi connectivity index (χ0v) is 11.3. The number of ether oxygens (including phenoxy) is 2. The second kappa shape index (κ2) is 5.51. The van der Waals surface area contributed by atoms with Crippen LogP contribution in [0.15, 0.2) is 42.7 Å². The molecule has 3 rings (SSSR count). The van der Waals surface area contributed by atoms with Crippen LogP contribution in [0, 0.1) is 0 Å². The van der Waals surface area contributed by atoms with Crippen LogP contribution in [0.4, 0.5) is 0 Å². The molecule has 0 aliphatic carbocycles. The molecule has 0 fully saturated rings. The summed E-state index contributed by atoms with van der Waals surface area (Å²) in [5, 5.41) is 10.7. The number of pyridine rings is 1. The molecule has 0 saturated heterocycles. The van der Waals surface area contributed by atoms with E-state index in [1.165, 1.54) is 0 Å². The van der Waals surface area contributed by atoms with Gasteiger partial charge in [0, 0.05) is 23.2 Å². The number of aliphatic hydroxyl groups is 1. The van der Waals surface area contributed by atoms with Gasteiger partial charge in [0.1, 0.15) is 11.5 Å². The van der Waals surface area contributed by atoms with E-state index < -0.39 is 6.10 Å². The molecule has 4 heteroatoms. The summed E-state index contributed by atoms with van der Waals surface area (Å²) in [6.45, 7) is 0.621. The first kappa shape index (κ1) is 12.9. The van der Waals surface area contributed by atoms with Crippen molar-refractivity contribution in [2.24, 2.45) is 0 Å². The highest BCUT2D eigenvalue weighted by Gasteiger charge is 2.28. The minimum atomic E-state index is -0.609. The highest BCUT2D eigenvalue weighted by Crippen LogP contribution is 2.41. The summed E-state index contributed by atoms with van der Waals surface area (Å²) >= 11 is 0. The first-order valence-electron chi connectivity index (χ1n) is 6.68. The lowest BCUT2D eigenvalue weighted by Crippen LogP contribution is -2.20. The Bertz CT molecular complexity index is 600. The average molecular weight is 271 g/mol. The van der Waals surface area contributed by atoms with Crippen molar-refractivity contribution in [2.45, 2.75) is 18.4 Å². The zero-order chi connectivity index (χ0) is 13.9. The fourth-order valence-electron chi connectivity index (χ4n) is 2.64. The number of hydrogen-bond acceptors (Lipinski definition) is 4. The minimum Gasteiger partial charge on any atom is -0.495 e. The third-order valence-electron chi connectivity index (χ3n) is 3.70. The predicted molar refractivity (Wildman–Crippen MR) is 75.0 cm³/mol. The predicted octanol–water partition coefficient (Wildman–Crippen LogP) is 2.69. The Kier molecular flexibility index (Phi) is 3.56. The molecule has 4 nitrogen and oxygen atoms in total. The first-order valence-corrected chi connectivity index (χ1v) is 6.68. The van der Waals surface area contributed by atoms with Gasteiger partial charge in [0.05, 0.1) is 26.0 Å². The van der Waals surface area contributed by atoms with Crippen LogP contribution in [0.5, 0.6) is 11.5 Å². The molecule has 2 atom stereocenters. The molecule has 0 spiro atoms. The molecule has 0 saturated carbocycles. The number of methoxy groups -OCH3 is 1. The van der Waals surface area contributed by atoms with Gasteiger partial charge in [-0.3, -0.25) is 4.98 Å². The van der Waals surface area contributed by atoms with E-state index in [-0.39, 0.29) is 5.92 Å². The number of hydrogen-bond donors (Lipinski definition) is 1. The molecule has 0 bridgehead atoms. The Hall–Kier alpha value is -2.07. The topological polar surface area (TPSA) is 51.6 Å². The molecule has 2 unspecified atom stereocenters. The molecule has 1 aromatic carbocycles. The van der Waals surface area contributed by atoms with Crippen LogP contribution < -0.4 is 9.47 Å². The van der Waals surface area contributed by atoms with E-state index in [0.29, 0.717) is 12.4 Å². The van der Waals surface area contributed by atoms with E-state index in [2.05, 4.69) is 4.98 Å². The van der Waals surface area contributed by atoms with Crippen LogP contribution in [0.25, 0.3) is 0 Å². The maximum atomic E-state index is 10.7. The zero-order valence-electron chi connectivity index (χ0n) is 11.3. The summed E-state index contributed by atoms with van der Waals surface area (Å²) in [6, 6.07) is 9.70. The molecule has 20 heavy (non-hydrogen) atoms. The van der Waals surface area contributed by atoms with Gasteiger partial charge >= 0.3 is 0 Å². The molecule has 0 radical (unpaired) electrons. The van der Waals surface area contributed by atoms with Crippen molar-refractivity contribution in [3.8, 4) is 11.5 Å². The Labute approximate surface area is 118 Å². The molecular weight excluding hydrogens is 254 g/mol. The largest absolute Gasteiger partial charge is 0.495 e. The van der Waals surface area contributed by atoms with Crippen LogP contribution >= 0.6 is 0 Å². The molecular formula is C16H17NO3. The number of para-hydroxylation sites is 1. The fraction of sp³-hybridized carbons (Fsp3) is 0.312. The summed E-state index contributed by atoms with van der Waals surface area (Å²) in [5.74, 6) is 1.54. The highest BCUT2D eigenvalue weighted by atomic mass is 16.5. The summed E-state index contributed by atoms with van der Waals surface area (Å²) in [5.41, 5.74) is 1.82. The van der Waals surface area contributed by atoms with E-state index >= 15 is 0 Å². The Morgan fingerprint density at radius 2 is 2.20 bits per heavy atom. The van der Waals surface area contributed by atoms with Gasteiger partial charge in [-0.2, -0.15) is 0 Å². The quantitative estimate of drug-likeness (QED) is 0.932. The van der Waals surface area contributed by atoms with Gasteiger partial charge in [-0.15, -0.1) is 0 Å². The summed E-state index contributed by atoms with van der Waals surface area (Å²) < 4.78 is 10.8. The van der Waals surface area contributed by atoms with Gasteiger partial charge in [-0.25, -0.2) is 0 Å². The average Bonchev–Trinajstić information content (AvgIpc) is 2.53. The number of benzene rings is 1. The van der Waals surface area contributed by atoms with Crippen molar-refractivity contribution < 1.29 is 14.6 Å². The highest BCUT2D eigenvalue weighted by molar-refractivity contribution is 5.40. The first-order chi connectivity index (χ1) is 9.79. The second-order valence-corrected chi connectivity index (χ2v) is 4.88. The lowest BCUT2D eigenvalue weighted by atomic mass is 9.85. The SMILES string of the molecule is COc1cncc(C(O)C2CCOc3ccccc32)c1. The standard InChI is InChI=1S/C16H17NO3/c1-19-12-8-11(9-17-10-12)16(18)14-6-7-20-15-5-3-2-4-13(14)15/h2-5,8-10,14,16,18H,6-7H2,1H3. The van der Waals surface area contributed by atoms with Gasteiger partial charge in [-0.1, -0.05) is 18.2 Å². The van der Waals surface area contributed by atoms with Crippen molar-refractivity contribution in [3.05, 3.63) is 53.9 Å². The molecule has 0 amide bonds. The molecule has 2 heterocycles. The van der Waals surface area contributed by atoms with E-state index in [0.717, 1.165) is 23.3 Å². The van der Waals surface area contributed by atoms with Crippen LogP contribution in [0.2, 0.25) is 0 Å². The summed E-state index contributed by atoms with van der Waals surface area (Å²) in [7, 11) is 1.59. The molecule has 2 aromatic rings. The van der Waals surface area contributed by atoms with Crippen LogP contribution in [0.3, 0.4) is 0 Å². The lowest BCUT2D eigenvalue weighted by Gasteiger charge is -2.29.